The summed E-state index contributed by atoms with van der Waals surface area (Å²) < 4.78 is 17.4. The van der Waals surface area contributed by atoms with Gasteiger partial charge in [0, 0.05) is 5.56 Å². The number of benzene rings is 1. The number of amides is 2. The van der Waals surface area contributed by atoms with Gasteiger partial charge in [-0.15, -0.1) is 0 Å². The van der Waals surface area contributed by atoms with Gasteiger partial charge in [-0.25, -0.2) is 9.18 Å². The zero-order chi connectivity index (χ0) is 17.4. The first-order valence-electron chi connectivity index (χ1n) is 7.24. The molecule has 0 fully saturated rings. The molecule has 0 aliphatic heterocycles. The molecule has 1 atom stereocenters. The van der Waals surface area contributed by atoms with Crippen molar-refractivity contribution < 1.29 is 23.5 Å². The first-order valence-corrected chi connectivity index (χ1v) is 7.24. The highest BCUT2D eigenvalue weighted by Gasteiger charge is 2.22. The number of ether oxygens (including phenoxy) is 1. The van der Waals surface area contributed by atoms with Crippen LogP contribution in [0.2, 0.25) is 0 Å². The van der Waals surface area contributed by atoms with Gasteiger partial charge in [0.05, 0.1) is 13.7 Å². The molecule has 126 valence electrons. The average molecular weight is 324 g/mol. The molecule has 0 saturated carbocycles. The zero-order valence-corrected chi connectivity index (χ0v) is 13.4. The van der Waals surface area contributed by atoms with Gasteiger partial charge in [0.25, 0.3) is 5.91 Å². The van der Waals surface area contributed by atoms with Gasteiger partial charge in [0.2, 0.25) is 5.91 Å². The van der Waals surface area contributed by atoms with Gasteiger partial charge >= 0.3 is 5.97 Å². The van der Waals surface area contributed by atoms with Gasteiger partial charge in [-0.1, -0.05) is 13.8 Å². The Morgan fingerprint density at radius 2 is 1.78 bits per heavy atom. The molecule has 0 heterocycles. The fourth-order valence-corrected chi connectivity index (χ4v) is 1.94. The minimum absolute atomic E-state index is 0.188. The van der Waals surface area contributed by atoms with Crippen molar-refractivity contribution in [1.29, 1.82) is 0 Å². The van der Waals surface area contributed by atoms with Crippen LogP contribution in [-0.2, 0) is 14.3 Å². The molecule has 1 rings (SSSR count). The minimum atomic E-state index is -0.754. The van der Waals surface area contributed by atoms with Crippen molar-refractivity contribution in [1.82, 2.24) is 10.6 Å². The number of carbonyl (C=O) groups excluding carboxylic acids is 3. The molecule has 0 unspecified atom stereocenters. The van der Waals surface area contributed by atoms with Gasteiger partial charge in [0.15, 0.2) is 0 Å². The number of nitrogens with one attached hydrogen (secondary N) is 2. The van der Waals surface area contributed by atoms with Gasteiger partial charge < -0.3 is 15.4 Å². The van der Waals surface area contributed by atoms with E-state index in [0.29, 0.717) is 6.42 Å². The Hall–Kier alpha value is -2.44. The standard InChI is InChI=1S/C16H21FN2O4/c1-10(2)8-13(16(22)23-3)19-14(20)9-18-15(21)11-4-6-12(17)7-5-11/h4-7,10,13H,8-9H2,1-3H3,(H,18,21)(H,19,20)/t13-/m0/s1. The highest BCUT2D eigenvalue weighted by Crippen LogP contribution is 2.06. The van der Waals surface area contributed by atoms with E-state index in [-0.39, 0.29) is 18.0 Å². The summed E-state index contributed by atoms with van der Waals surface area (Å²) in [6.45, 7) is 3.54. The lowest BCUT2D eigenvalue weighted by atomic mass is 10.0. The summed E-state index contributed by atoms with van der Waals surface area (Å²) in [4.78, 5) is 35.3. The Labute approximate surface area is 134 Å². The van der Waals surface area contributed by atoms with Crippen molar-refractivity contribution in [3.05, 3.63) is 35.6 Å². The molecule has 6 nitrogen and oxygen atoms in total. The van der Waals surface area contributed by atoms with Crippen molar-refractivity contribution in [3.8, 4) is 0 Å². The maximum Gasteiger partial charge on any atom is 0.328 e. The van der Waals surface area contributed by atoms with E-state index in [1.807, 2.05) is 13.8 Å². The third-order valence-electron chi connectivity index (χ3n) is 3.04. The van der Waals surface area contributed by atoms with Crippen LogP contribution in [0, 0.1) is 11.7 Å². The Morgan fingerprint density at radius 3 is 2.30 bits per heavy atom. The Morgan fingerprint density at radius 1 is 1.17 bits per heavy atom. The number of methoxy groups -OCH3 is 1. The summed E-state index contributed by atoms with van der Waals surface area (Å²) in [6.07, 6.45) is 0.435. The molecule has 0 radical (unpaired) electrons. The van der Waals surface area contributed by atoms with Gasteiger partial charge in [-0.2, -0.15) is 0 Å². The van der Waals surface area contributed by atoms with Crippen LogP contribution in [0.3, 0.4) is 0 Å². The van der Waals surface area contributed by atoms with Crippen molar-refractivity contribution in [2.45, 2.75) is 26.3 Å². The Bertz CT molecular complexity index is 558. The molecule has 0 aliphatic rings. The van der Waals surface area contributed by atoms with Gasteiger partial charge in [-0.05, 0) is 36.6 Å². The van der Waals surface area contributed by atoms with E-state index in [9.17, 15) is 18.8 Å². The summed E-state index contributed by atoms with van der Waals surface area (Å²) in [5.41, 5.74) is 0.242. The maximum atomic E-state index is 12.8. The van der Waals surface area contributed by atoms with Crippen molar-refractivity contribution in [2.24, 2.45) is 5.92 Å². The summed E-state index contributed by atoms with van der Waals surface area (Å²) in [7, 11) is 1.25. The molecular weight excluding hydrogens is 303 g/mol. The van der Waals surface area contributed by atoms with Crippen LogP contribution < -0.4 is 10.6 Å². The van der Waals surface area contributed by atoms with Crippen LogP contribution in [0.5, 0.6) is 0 Å². The fourth-order valence-electron chi connectivity index (χ4n) is 1.94. The lowest BCUT2D eigenvalue weighted by Gasteiger charge is -2.18. The number of halogens is 1. The molecule has 0 bridgehead atoms. The number of rotatable bonds is 7. The summed E-state index contributed by atoms with van der Waals surface area (Å²) in [5, 5.41) is 4.94. The molecule has 0 spiro atoms. The Balaban J connectivity index is 2.52. The van der Waals surface area contributed by atoms with E-state index in [1.54, 1.807) is 0 Å². The Kier molecular flexibility index (Phi) is 7.18. The molecular formula is C16H21FN2O4. The molecule has 0 saturated heterocycles. The summed E-state index contributed by atoms with van der Waals surface area (Å²) >= 11 is 0. The molecule has 2 amide bonds. The predicted molar refractivity (Wildman–Crippen MR) is 82.1 cm³/mol. The number of hydrogen-bond donors (Lipinski definition) is 2. The van der Waals surface area contributed by atoms with Crippen LogP contribution in [0.25, 0.3) is 0 Å². The van der Waals surface area contributed by atoms with Crippen LogP contribution in [0.4, 0.5) is 4.39 Å². The topological polar surface area (TPSA) is 84.5 Å². The SMILES string of the molecule is COC(=O)[C@H](CC(C)C)NC(=O)CNC(=O)c1ccc(F)cc1. The third-order valence-corrected chi connectivity index (χ3v) is 3.04. The second kappa shape index (κ2) is 8.87. The normalized spacial score (nSPS) is 11.7. The summed E-state index contributed by atoms with van der Waals surface area (Å²) in [6, 6.07) is 4.20. The lowest BCUT2D eigenvalue weighted by molar-refractivity contribution is -0.145. The quantitative estimate of drug-likeness (QED) is 0.740. The molecule has 2 N–H and O–H groups in total. The third kappa shape index (κ3) is 6.46. The number of esters is 1. The molecule has 23 heavy (non-hydrogen) atoms. The summed E-state index contributed by atoms with van der Waals surface area (Å²) in [5.74, 6) is -1.80. The molecule has 7 heteroatoms. The van der Waals surface area contributed by atoms with E-state index in [0.717, 1.165) is 12.1 Å². The maximum absolute atomic E-state index is 12.8. The number of hydrogen-bond acceptors (Lipinski definition) is 4. The van der Waals surface area contributed by atoms with Crippen molar-refractivity contribution >= 4 is 17.8 Å². The van der Waals surface area contributed by atoms with Gasteiger partial charge in [0.1, 0.15) is 11.9 Å². The van der Waals surface area contributed by atoms with E-state index < -0.39 is 29.6 Å². The first kappa shape index (κ1) is 18.6. The van der Waals surface area contributed by atoms with Crippen LogP contribution in [-0.4, -0.2) is 37.5 Å². The second-order valence-electron chi connectivity index (χ2n) is 5.46. The average Bonchev–Trinajstić information content (AvgIpc) is 2.51. The smallest absolute Gasteiger partial charge is 0.328 e. The van der Waals surface area contributed by atoms with E-state index >= 15 is 0 Å². The highest BCUT2D eigenvalue weighted by atomic mass is 19.1. The van der Waals surface area contributed by atoms with E-state index in [1.165, 1.54) is 19.2 Å². The monoisotopic (exact) mass is 324 g/mol. The molecule has 1 aromatic rings. The molecule has 0 aromatic heterocycles. The molecule has 1 aromatic carbocycles. The van der Waals surface area contributed by atoms with Crippen LogP contribution in [0.1, 0.15) is 30.6 Å². The van der Waals surface area contributed by atoms with E-state index in [2.05, 4.69) is 15.4 Å². The minimum Gasteiger partial charge on any atom is -0.467 e. The zero-order valence-electron chi connectivity index (χ0n) is 13.4. The highest BCUT2D eigenvalue weighted by molar-refractivity contribution is 5.96. The number of carbonyl (C=O) groups is 3. The van der Waals surface area contributed by atoms with Crippen molar-refractivity contribution in [3.63, 3.8) is 0 Å². The lowest BCUT2D eigenvalue weighted by Crippen LogP contribution is -2.46. The molecule has 0 aliphatic carbocycles. The second-order valence-corrected chi connectivity index (χ2v) is 5.46. The van der Waals surface area contributed by atoms with E-state index in [4.69, 9.17) is 0 Å². The largest absolute Gasteiger partial charge is 0.467 e. The van der Waals surface area contributed by atoms with Gasteiger partial charge in [-0.3, -0.25) is 9.59 Å². The first-order chi connectivity index (χ1) is 10.8. The van der Waals surface area contributed by atoms with Crippen LogP contribution >= 0.6 is 0 Å². The van der Waals surface area contributed by atoms with Crippen molar-refractivity contribution in [2.75, 3.05) is 13.7 Å². The fraction of sp³-hybridized carbons (Fsp3) is 0.438. The predicted octanol–water partition coefficient (Wildman–Crippen LogP) is 1.26. The van der Waals surface area contributed by atoms with Crippen LogP contribution in [0.15, 0.2) is 24.3 Å².